The van der Waals surface area contributed by atoms with E-state index in [9.17, 15) is 5.26 Å². The molecule has 0 N–H and O–H groups in total. The van der Waals surface area contributed by atoms with Gasteiger partial charge in [0, 0.05) is 36.9 Å². The van der Waals surface area contributed by atoms with Crippen molar-refractivity contribution in [2.45, 2.75) is 31.3 Å². The molecule has 2 aromatic heterocycles. The number of hydrogen-bond acceptors (Lipinski definition) is 6. The molecule has 30 heavy (non-hydrogen) atoms. The van der Waals surface area contributed by atoms with Crippen LogP contribution in [0.4, 0.5) is 5.82 Å². The molecule has 3 aromatic rings. The number of pyridine rings is 1. The second-order valence-corrected chi connectivity index (χ2v) is 8.28. The summed E-state index contributed by atoms with van der Waals surface area (Å²) >= 11 is 6.13. The maximum atomic E-state index is 9.43. The Morgan fingerprint density at radius 2 is 2.07 bits per heavy atom. The highest BCUT2D eigenvalue weighted by molar-refractivity contribution is 6.30. The van der Waals surface area contributed by atoms with Crippen LogP contribution in [0, 0.1) is 11.3 Å². The third-order valence-corrected chi connectivity index (χ3v) is 6.31. The zero-order chi connectivity index (χ0) is 20.5. The van der Waals surface area contributed by atoms with Crippen molar-refractivity contribution < 1.29 is 0 Å². The van der Waals surface area contributed by atoms with Gasteiger partial charge < -0.3 is 4.90 Å². The van der Waals surface area contributed by atoms with E-state index in [4.69, 9.17) is 11.6 Å². The van der Waals surface area contributed by atoms with E-state index in [1.54, 1.807) is 10.9 Å². The van der Waals surface area contributed by atoms with Crippen LogP contribution < -0.4 is 4.90 Å². The van der Waals surface area contributed by atoms with E-state index in [1.807, 2.05) is 42.6 Å². The molecular formula is C22H22ClN7. The van der Waals surface area contributed by atoms with Gasteiger partial charge in [0.25, 0.3) is 0 Å². The molecular weight excluding hydrogens is 398 g/mol. The average molecular weight is 420 g/mol. The summed E-state index contributed by atoms with van der Waals surface area (Å²) in [6, 6.07) is 14.3. The molecule has 4 heterocycles. The second kappa shape index (κ2) is 8.05. The Kier molecular flexibility index (Phi) is 5.11. The number of anilines is 1. The normalized spacial score (nSPS) is 21.8. The summed E-state index contributed by atoms with van der Waals surface area (Å²) < 4.78 is 1.80. The Balaban J connectivity index is 1.35. The first-order valence-corrected chi connectivity index (χ1v) is 10.6. The van der Waals surface area contributed by atoms with Crippen molar-refractivity contribution in [2.75, 3.05) is 24.5 Å². The van der Waals surface area contributed by atoms with E-state index in [2.05, 4.69) is 31.2 Å². The Morgan fingerprint density at radius 3 is 2.93 bits per heavy atom. The Hall–Kier alpha value is -2.95. The lowest BCUT2D eigenvalue weighted by Gasteiger charge is -2.48. The zero-order valence-corrected chi connectivity index (χ0v) is 17.3. The predicted octanol–water partition coefficient (Wildman–Crippen LogP) is 3.60. The smallest absolute Gasteiger partial charge is 0.146 e. The summed E-state index contributed by atoms with van der Waals surface area (Å²) in [6.45, 7) is 2.65. The van der Waals surface area contributed by atoms with Gasteiger partial charge in [0.05, 0.1) is 23.5 Å². The van der Waals surface area contributed by atoms with E-state index < -0.39 is 0 Å². The molecule has 0 aliphatic carbocycles. The summed E-state index contributed by atoms with van der Waals surface area (Å²) in [6.07, 6.45) is 7.16. The van der Waals surface area contributed by atoms with Gasteiger partial charge in [-0.3, -0.25) is 4.90 Å². The van der Waals surface area contributed by atoms with Crippen molar-refractivity contribution in [2.24, 2.45) is 0 Å². The average Bonchev–Trinajstić information content (AvgIpc) is 3.28. The fourth-order valence-electron chi connectivity index (χ4n) is 4.67. The van der Waals surface area contributed by atoms with Gasteiger partial charge in [0.1, 0.15) is 17.6 Å². The highest BCUT2D eigenvalue weighted by Crippen LogP contribution is 2.36. The minimum atomic E-state index is 0.262. The van der Waals surface area contributed by atoms with Crippen molar-refractivity contribution in [3.05, 3.63) is 65.1 Å². The van der Waals surface area contributed by atoms with E-state index in [-0.39, 0.29) is 6.04 Å². The molecule has 1 aromatic carbocycles. The minimum absolute atomic E-state index is 0.262. The van der Waals surface area contributed by atoms with Gasteiger partial charge in [-0.05, 0) is 49.6 Å². The monoisotopic (exact) mass is 419 g/mol. The van der Waals surface area contributed by atoms with Crippen LogP contribution in [-0.2, 0) is 0 Å². The van der Waals surface area contributed by atoms with Crippen molar-refractivity contribution in [3.8, 4) is 11.8 Å². The lowest BCUT2D eigenvalue weighted by molar-refractivity contribution is 0.0691. The quantitative estimate of drug-likeness (QED) is 0.645. The third-order valence-electron chi connectivity index (χ3n) is 6.08. The molecule has 0 unspecified atom stereocenters. The van der Waals surface area contributed by atoms with Gasteiger partial charge in [-0.15, -0.1) is 5.10 Å². The van der Waals surface area contributed by atoms with Crippen LogP contribution in [0.1, 0.15) is 36.6 Å². The molecule has 2 fully saturated rings. The number of nitrogens with zero attached hydrogens (tertiary/aromatic N) is 7. The minimum Gasteiger partial charge on any atom is -0.353 e. The lowest BCUT2D eigenvalue weighted by atomic mass is 9.91. The van der Waals surface area contributed by atoms with Crippen molar-refractivity contribution in [1.29, 1.82) is 5.26 Å². The first-order valence-electron chi connectivity index (χ1n) is 10.3. The molecule has 5 rings (SSSR count). The maximum absolute atomic E-state index is 9.43. The van der Waals surface area contributed by atoms with E-state index in [0.717, 1.165) is 56.1 Å². The third kappa shape index (κ3) is 3.53. The van der Waals surface area contributed by atoms with Gasteiger partial charge >= 0.3 is 0 Å². The molecule has 8 heteroatoms. The molecule has 0 saturated carbocycles. The number of nitriles is 1. The maximum Gasteiger partial charge on any atom is 0.146 e. The van der Waals surface area contributed by atoms with E-state index in [0.29, 0.717) is 16.6 Å². The number of aromatic nitrogens is 4. The fraction of sp³-hybridized carbons (Fsp3) is 0.364. The van der Waals surface area contributed by atoms with Gasteiger partial charge in [-0.2, -0.15) is 5.26 Å². The number of rotatable bonds is 3. The number of benzene rings is 1. The fourth-order valence-corrected chi connectivity index (χ4v) is 4.85. The molecule has 0 radical (unpaired) electrons. The van der Waals surface area contributed by atoms with Gasteiger partial charge in [0.2, 0.25) is 0 Å². The number of piperazine rings is 1. The highest BCUT2D eigenvalue weighted by Gasteiger charge is 2.37. The number of halogens is 1. The van der Waals surface area contributed by atoms with Crippen LogP contribution >= 0.6 is 11.6 Å². The summed E-state index contributed by atoms with van der Waals surface area (Å²) in [5.41, 5.74) is 2.56. The molecule has 2 saturated heterocycles. The molecule has 2 atom stereocenters. The molecule has 0 spiro atoms. The predicted molar refractivity (Wildman–Crippen MR) is 115 cm³/mol. The second-order valence-electron chi connectivity index (χ2n) is 7.84. The van der Waals surface area contributed by atoms with Crippen LogP contribution in [0.5, 0.6) is 0 Å². The Bertz CT molecular complexity index is 1090. The highest BCUT2D eigenvalue weighted by atomic mass is 35.5. The van der Waals surface area contributed by atoms with Gasteiger partial charge in [-0.25, -0.2) is 9.67 Å². The topological polar surface area (TPSA) is 73.9 Å². The van der Waals surface area contributed by atoms with Crippen molar-refractivity contribution in [1.82, 2.24) is 24.9 Å². The van der Waals surface area contributed by atoms with E-state index in [1.165, 1.54) is 0 Å². The largest absolute Gasteiger partial charge is 0.353 e. The molecule has 0 bridgehead atoms. The number of fused-ring (bicyclic) bond motifs is 1. The van der Waals surface area contributed by atoms with Crippen LogP contribution in [0.15, 0.2) is 48.8 Å². The van der Waals surface area contributed by atoms with Gasteiger partial charge in [-0.1, -0.05) is 22.9 Å². The van der Waals surface area contributed by atoms with Crippen molar-refractivity contribution >= 4 is 17.4 Å². The molecule has 2 aliphatic rings. The summed E-state index contributed by atoms with van der Waals surface area (Å²) in [4.78, 5) is 9.29. The van der Waals surface area contributed by atoms with Gasteiger partial charge in [0.15, 0.2) is 0 Å². The van der Waals surface area contributed by atoms with Crippen LogP contribution in [0.2, 0.25) is 5.02 Å². The standard InChI is InChI=1S/C22H22ClN7/c23-17-5-1-6-18(12-17)30-15-20(26-27-30)21-8-2-7-19-14-28(10-11-29(19)21)22-16(13-24)4-3-9-25-22/h1,3-6,9,12,15,19,21H,2,7-8,10-11,14H2/t19-,21+/m0/s1. The van der Waals surface area contributed by atoms with Crippen LogP contribution in [0.3, 0.4) is 0 Å². The summed E-state index contributed by atoms with van der Waals surface area (Å²) in [5, 5.41) is 19.0. The van der Waals surface area contributed by atoms with Crippen molar-refractivity contribution in [3.63, 3.8) is 0 Å². The Morgan fingerprint density at radius 1 is 1.13 bits per heavy atom. The zero-order valence-electron chi connectivity index (χ0n) is 16.5. The summed E-state index contributed by atoms with van der Waals surface area (Å²) in [5.74, 6) is 0.800. The molecule has 0 amide bonds. The number of piperidine rings is 1. The first kappa shape index (κ1) is 19.0. The van der Waals surface area contributed by atoms with Crippen LogP contribution in [-0.4, -0.2) is 50.6 Å². The first-order chi connectivity index (χ1) is 14.7. The molecule has 2 aliphatic heterocycles. The molecule has 152 valence electrons. The summed E-state index contributed by atoms with van der Waals surface area (Å²) in [7, 11) is 0. The Labute approximate surface area is 180 Å². The SMILES string of the molecule is N#Cc1cccnc1N1CCN2[C@@H](CCC[C@@H]2c2cn(-c3cccc(Cl)c3)nn2)C1. The molecule has 7 nitrogen and oxygen atoms in total. The van der Waals surface area contributed by atoms with E-state index >= 15 is 0 Å². The lowest BCUT2D eigenvalue weighted by Crippen LogP contribution is -2.56. The van der Waals surface area contributed by atoms with Crippen LogP contribution in [0.25, 0.3) is 5.69 Å². The number of hydrogen-bond donors (Lipinski definition) is 0.